The van der Waals surface area contributed by atoms with Crippen molar-refractivity contribution in [1.29, 1.82) is 0 Å². The lowest BCUT2D eigenvalue weighted by Crippen LogP contribution is -2.18. The Morgan fingerprint density at radius 2 is 1.90 bits per heavy atom. The molecule has 0 amide bonds. The molecule has 0 spiro atoms. The quantitative estimate of drug-likeness (QED) is 0.513. The van der Waals surface area contributed by atoms with E-state index in [1.54, 1.807) is 0 Å². The van der Waals surface area contributed by atoms with E-state index in [1.807, 2.05) is 19.1 Å². The molecule has 2 aromatic carbocycles. The zero-order chi connectivity index (χ0) is 20.8. The van der Waals surface area contributed by atoms with E-state index in [9.17, 15) is 4.79 Å². The van der Waals surface area contributed by atoms with E-state index >= 15 is 0 Å². The van der Waals surface area contributed by atoms with Crippen LogP contribution in [-0.4, -0.2) is 17.7 Å². The van der Waals surface area contributed by atoms with Gasteiger partial charge >= 0.3 is 5.97 Å². The van der Waals surface area contributed by atoms with Crippen LogP contribution in [0, 0.1) is 5.92 Å². The van der Waals surface area contributed by atoms with Crippen molar-refractivity contribution in [3.63, 3.8) is 0 Å². The first kappa shape index (κ1) is 19.5. The number of carboxylic acid groups (broad SMARTS) is 1. The van der Waals surface area contributed by atoms with Gasteiger partial charge in [0.2, 0.25) is 0 Å². The van der Waals surface area contributed by atoms with E-state index < -0.39 is 5.97 Å². The summed E-state index contributed by atoms with van der Waals surface area (Å²) >= 11 is 0. The van der Waals surface area contributed by atoms with Crippen LogP contribution in [0.2, 0.25) is 0 Å². The molecular formula is C26H28O3. The van der Waals surface area contributed by atoms with Crippen molar-refractivity contribution in [2.75, 3.05) is 6.61 Å². The normalized spacial score (nSPS) is 25.0. The highest BCUT2D eigenvalue weighted by Gasteiger charge is 2.50. The largest absolute Gasteiger partial charge is 0.492 e. The Hall–Kier alpha value is -2.81. The Balaban J connectivity index is 1.72. The highest BCUT2D eigenvalue weighted by Crippen LogP contribution is 2.57. The first-order chi connectivity index (χ1) is 13.7. The molecule has 0 saturated heterocycles. The van der Waals surface area contributed by atoms with Crippen LogP contribution < -0.4 is 4.74 Å². The number of hydrogen-bond donors (Lipinski definition) is 1. The smallest absolute Gasteiger partial charge is 0.328 e. The van der Waals surface area contributed by atoms with Gasteiger partial charge in [-0.3, -0.25) is 0 Å². The molecule has 1 heterocycles. The summed E-state index contributed by atoms with van der Waals surface area (Å²) in [6.07, 6.45) is 6.41. The Bertz CT molecular complexity index is 1010. The van der Waals surface area contributed by atoms with Gasteiger partial charge in [-0.1, -0.05) is 69.3 Å². The van der Waals surface area contributed by atoms with Gasteiger partial charge in [0, 0.05) is 22.6 Å². The molecule has 150 valence electrons. The number of hydrogen-bond acceptors (Lipinski definition) is 2. The molecular weight excluding hydrogens is 360 g/mol. The maximum atomic E-state index is 10.8. The van der Waals surface area contributed by atoms with Gasteiger partial charge in [0.25, 0.3) is 0 Å². The number of carbonyl (C=O) groups is 1. The molecule has 1 fully saturated rings. The first-order valence-electron chi connectivity index (χ1n) is 10.2. The van der Waals surface area contributed by atoms with Gasteiger partial charge in [-0.2, -0.15) is 0 Å². The van der Waals surface area contributed by atoms with Crippen molar-refractivity contribution >= 4 is 5.97 Å². The highest BCUT2D eigenvalue weighted by atomic mass is 16.5. The Morgan fingerprint density at radius 1 is 1.17 bits per heavy atom. The lowest BCUT2D eigenvalue weighted by molar-refractivity contribution is -0.131. The van der Waals surface area contributed by atoms with Crippen molar-refractivity contribution in [1.82, 2.24) is 0 Å². The molecule has 1 aliphatic heterocycles. The molecule has 0 radical (unpaired) electrons. The molecule has 2 aliphatic rings. The van der Waals surface area contributed by atoms with E-state index in [0.717, 1.165) is 17.7 Å². The second-order valence-electron chi connectivity index (χ2n) is 9.25. The molecule has 3 heteroatoms. The highest BCUT2D eigenvalue weighted by molar-refractivity contribution is 5.81. The van der Waals surface area contributed by atoms with Crippen LogP contribution in [0.1, 0.15) is 45.2 Å². The van der Waals surface area contributed by atoms with Gasteiger partial charge in [0.05, 0.1) is 6.61 Å². The second kappa shape index (κ2) is 6.91. The fraction of sp³-hybridized carbons (Fsp3) is 0.346. The van der Waals surface area contributed by atoms with Crippen molar-refractivity contribution < 1.29 is 14.6 Å². The number of allylic oxidation sites excluding steroid dienone is 3. The lowest BCUT2D eigenvalue weighted by atomic mass is 9.81. The van der Waals surface area contributed by atoms with Gasteiger partial charge in [0.15, 0.2) is 0 Å². The summed E-state index contributed by atoms with van der Waals surface area (Å²) in [6.45, 7) is 9.31. The first-order valence-corrected chi connectivity index (χ1v) is 10.2. The Morgan fingerprint density at radius 3 is 2.59 bits per heavy atom. The van der Waals surface area contributed by atoms with Crippen LogP contribution in [-0.2, 0) is 15.6 Å². The van der Waals surface area contributed by atoms with E-state index in [2.05, 4.69) is 63.2 Å². The van der Waals surface area contributed by atoms with Gasteiger partial charge in [-0.05, 0) is 47.4 Å². The van der Waals surface area contributed by atoms with Gasteiger partial charge < -0.3 is 9.84 Å². The monoisotopic (exact) mass is 388 g/mol. The Labute approximate surface area is 172 Å². The minimum absolute atomic E-state index is 0.00767. The van der Waals surface area contributed by atoms with E-state index in [-0.39, 0.29) is 10.8 Å². The zero-order valence-corrected chi connectivity index (χ0v) is 17.5. The molecule has 29 heavy (non-hydrogen) atoms. The summed E-state index contributed by atoms with van der Waals surface area (Å²) in [5, 5.41) is 8.90. The Kier molecular flexibility index (Phi) is 4.65. The van der Waals surface area contributed by atoms with Crippen molar-refractivity contribution in [2.24, 2.45) is 5.92 Å². The van der Waals surface area contributed by atoms with Crippen LogP contribution in [0.5, 0.6) is 5.75 Å². The van der Waals surface area contributed by atoms with E-state index in [0.29, 0.717) is 12.5 Å². The number of benzene rings is 2. The van der Waals surface area contributed by atoms with Crippen molar-refractivity contribution in [3.05, 3.63) is 77.4 Å². The number of ether oxygens (including phenoxy) is 1. The number of fused-ring (bicyclic) bond motifs is 1. The molecule has 2 aromatic rings. The van der Waals surface area contributed by atoms with Crippen LogP contribution in [0.25, 0.3) is 11.1 Å². The zero-order valence-electron chi connectivity index (χ0n) is 17.5. The minimum Gasteiger partial charge on any atom is -0.492 e. The predicted octanol–water partition coefficient (Wildman–Crippen LogP) is 5.89. The lowest BCUT2D eigenvalue weighted by Gasteiger charge is -2.20. The third-order valence-electron chi connectivity index (χ3n) is 6.38. The summed E-state index contributed by atoms with van der Waals surface area (Å²) < 4.78 is 6.15. The molecule has 2 atom stereocenters. The molecule has 0 unspecified atom stereocenters. The van der Waals surface area contributed by atoms with E-state index in [4.69, 9.17) is 9.84 Å². The molecule has 1 saturated carbocycles. The standard InChI is InChI=1S/C26H28O3/c1-17(12-23(27)28)10-11-19-15-26(19,4)20-13-21(18-8-6-5-7-9-18)24-22(14-20)25(2,3)16-29-24/h5-14,19H,15-16H2,1-4H3,(H,27,28)/t19-,26+/m1/s1. The van der Waals surface area contributed by atoms with Gasteiger partial charge in [-0.25, -0.2) is 4.79 Å². The molecule has 1 aliphatic carbocycles. The van der Waals surface area contributed by atoms with Crippen molar-refractivity contribution in [3.8, 4) is 16.9 Å². The third kappa shape index (κ3) is 3.62. The topological polar surface area (TPSA) is 46.5 Å². The SMILES string of the molecule is CC(C=C[C@@H]1C[C@]1(C)c1cc(-c2ccccc2)c2c(c1)C(C)(C)CO2)=CC(=O)O. The summed E-state index contributed by atoms with van der Waals surface area (Å²) in [6, 6.07) is 15.1. The molecule has 1 N–H and O–H groups in total. The molecule has 3 nitrogen and oxygen atoms in total. The average Bonchev–Trinajstić information content (AvgIpc) is 3.25. The van der Waals surface area contributed by atoms with Crippen LogP contribution in [0.4, 0.5) is 0 Å². The third-order valence-corrected chi connectivity index (χ3v) is 6.38. The fourth-order valence-electron chi connectivity index (χ4n) is 4.30. The summed E-state index contributed by atoms with van der Waals surface area (Å²) in [7, 11) is 0. The number of aliphatic carboxylic acids is 1. The minimum atomic E-state index is -0.904. The predicted molar refractivity (Wildman–Crippen MR) is 116 cm³/mol. The van der Waals surface area contributed by atoms with Gasteiger partial charge in [-0.15, -0.1) is 0 Å². The van der Waals surface area contributed by atoms with Gasteiger partial charge in [0.1, 0.15) is 5.75 Å². The maximum absolute atomic E-state index is 10.8. The fourth-order valence-corrected chi connectivity index (χ4v) is 4.30. The maximum Gasteiger partial charge on any atom is 0.328 e. The van der Waals surface area contributed by atoms with Crippen LogP contribution in [0.15, 0.2) is 66.3 Å². The average molecular weight is 389 g/mol. The number of rotatable bonds is 5. The van der Waals surface area contributed by atoms with Crippen molar-refractivity contribution in [2.45, 2.75) is 44.9 Å². The van der Waals surface area contributed by atoms with E-state index in [1.165, 1.54) is 28.3 Å². The van der Waals surface area contributed by atoms with Crippen LogP contribution >= 0.6 is 0 Å². The number of carboxylic acids is 1. The second-order valence-corrected chi connectivity index (χ2v) is 9.25. The van der Waals surface area contributed by atoms with Crippen LogP contribution in [0.3, 0.4) is 0 Å². The molecule has 4 rings (SSSR count). The molecule has 0 aromatic heterocycles. The summed E-state index contributed by atoms with van der Waals surface area (Å²) in [4.78, 5) is 10.8. The summed E-state index contributed by atoms with van der Waals surface area (Å²) in [5.74, 6) is 0.521. The molecule has 0 bridgehead atoms. The summed E-state index contributed by atoms with van der Waals surface area (Å²) in [5.41, 5.74) is 5.79.